The monoisotopic (exact) mass is 218 g/mol. The number of benzene rings is 1. The Morgan fingerprint density at radius 2 is 2.06 bits per heavy atom. The normalized spacial score (nSPS) is 20.7. The molecule has 1 aliphatic rings. The largest absolute Gasteiger partial charge is 0.370 e. The highest BCUT2D eigenvalue weighted by Crippen LogP contribution is 2.15. The lowest BCUT2D eigenvalue weighted by atomic mass is 10.0. The van der Waals surface area contributed by atoms with E-state index in [1.165, 1.54) is 31.5 Å². The van der Waals surface area contributed by atoms with Crippen molar-refractivity contribution < 1.29 is 0 Å². The quantitative estimate of drug-likeness (QED) is 0.836. The van der Waals surface area contributed by atoms with Crippen LogP contribution in [0.5, 0.6) is 0 Å². The second kappa shape index (κ2) is 5.90. The van der Waals surface area contributed by atoms with E-state index >= 15 is 0 Å². The van der Waals surface area contributed by atoms with Gasteiger partial charge in [-0.05, 0) is 38.4 Å². The summed E-state index contributed by atoms with van der Waals surface area (Å²) in [7, 11) is 0. The third-order valence-corrected chi connectivity index (χ3v) is 3.36. The molecule has 2 heteroatoms. The van der Waals surface area contributed by atoms with E-state index in [1.54, 1.807) is 0 Å². The fraction of sp³-hybridized carbons (Fsp3) is 0.571. The molecule has 0 spiro atoms. The van der Waals surface area contributed by atoms with Gasteiger partial charge in [0.2, 0.25) is 0 Å². The van der Waals surface area contributed by atoms with E-state index in [4.69, 9.17) is 0 Å². The molecule has 1 N–H and O–H groups in total. The smallest absolute Gasteiger partial charge is 0.0366 e. The minimum absolute atomic E-state index is 0.675. The molecule has 2 nitrogen and oxygen atoms in total. The van der Waals surface area contributed by atoms with Gasteiger partial charge >= 0.3 is 0 Å². The highest BCUT2D eigenvalue weighted by atomic mass is 15.1. The number of piperidine rings is 1. The standard InChI is InChI=1S/C14H22N2/c1-2-16(14-9-4-3-5-10-14)12-13-8-6-7-11-15-13/h3-5,9-10,13,15H,2,6-8,11-12H2,1H3. The number of para-hydroxylation sites is 1. The van der Waals surface area contributed by atoms with Gasteiger partial charge in [-0.3, -0.25) is 0 Å². The Kier molecular flexibility index (Phi) is 4.23. The van der Waals surface area contributed by atoms with E-state index < -0.39 is 0 Å². The fourth-order valence-corrected chi connectivity index (χ4v) is 2.40. The van der Waals surface area contributed by atoms with Crippen molar-refractivity contribution in [3.63, 3.8) is 0 Å². The molecule has 0 aromatic heterocycles. The Morgan fingerprint density at radius 3 is 2.69 bits per heavy atom. The van der Waals surface area contributed by atoms with Gasteiger partial charge in [0.05, 0.1) is 0 Å². The van der Waals surface area contributed by atoms with Crippen LogP contribution in [0.4, 0.5) is 5.69 Å². The Balaban J connectivity index is 1.94. The van der Waals surface area contributed by atoms with Crippen LogP contribution in [0.2, 0.25) is 0 Å². The summed E-state index contributed by atoms with van der Waals surface area (Å²) in [5.41, 5.74) is 1.34. The SMILES string of the molecule is CCN(CC1CCCCN1)c1ccccc1. The number of nitrogens with one attached hydrogen (secondary N) is 1. The molecule has 1 heterocycles. The number of hydrogen-bond acceptors (Lipinski definition) is 2. The molecule has 0 amide bonds. The molecule has 1 aliphatic heterocycles. The van der Waals surface area contributed by atoms with E-state index in [1.807, 2.05) is 0 Å². The fourth-order valence-electron chi connectivity index (χ4n) is 2.40. The molecular weight excluding hydrogens is 196 g/mol. The third-order valence-electron chi connectivity index (χ3n) is 3.36. The van der Waals surface area contributed by atoms with Gasteiger partial charge in [0.25, 0.3) is 0 Å². The zero-order chi connectivity index (χ0) is 11.2. The van der Waals surface area contributed by atoms with Gasteiger partial charge in [-0.15, -0.1) is 0 Å². The van der Waals surface area contributed by atoms with Crippen molar-refractivity contribution in [3.8, 4) is 0 Å². The van der Waals surface area contributed by atoms with Gasteiger partial charge in [-0.2, -0.15) is 0 Å². The number of rotatable bonds is 4. The van der Waals surface area contributed by atoms with Crippen LogP contribution in [0.15, 0.2) is 30.3 Å². The summed E-state index contributed by atoms with van der Waals surface area (Å²) in [6.07, 6.45) is 4.04. The predicted octanol–water partition coefficient (Wildman–Crippen LogP) is 2.66. The molecule has 1 unspecified atom stereocenters. The van der Waals surface area contributed by atoms with Gasteiger partial charge < -0.3 is 10.2 Å². The molecule has 88 valence electrons. The van der Waals surface area contributed by atoms with Gasteiger partial charge in [0.1, 0.15) is 0 Å². The van der Waals surface area contributed by atoms with Crippen LogP contribution in [-0.2, 0) is 0 Å². The van der Waals surface area contributed by atoms with Crippen LogP contribution >= 0.6 is 0 Å². The summed E-state index contributed by atoms with van der Waals surface area (Å²) < 4.78 is 0. The maximum Gasteiger partial charge on any atom is 0.0366 e. The van der Waals surface area contributed by atoms with Crippen molar-refractivity contribution in [2.75, 3.05) is 24.5 Å². The zero-order valence-electron chi connectivity index (χ0n) is 10.2. The summed E-state index contributed by atoms with van der Waals surface area (Å²) in [5, 5.41) is 3.61. The Labute approximate surface area is 98.7 Å². The van der Waals surface area contributed by atoms with Crippen LogP contribution in [-0.4, -0.2) is 25.7 Å². The van der Waals surface area contributed by atoms with Gasteiger partial charge in [0.15, 0.2) is 0 Å². The summed E-state index contributed by atoms with van der Waals surface area (Å²) in [6.45, 7) is 5.65. The molecule has 1 atom stereocenters. The van der Waals surface area contributed by atoms with Crippen molar-refractivity contribution in [3.05, 3.63) is 30.3 Å². The van der Waals surface area contributed by atoms with Crippen LogP contribution in [0, 0.1) is 0 Å². The molecule has 1 saturated heterocycles. The second-order valence-corrected chi connectivity index (χ2v) is 4.52. The van der Waals surface area contributed by atoms with E-state index in [0.717, 1.165) is 13.1 Å². The summed E-state index contributed by atoms with van der Waals surface area (Å²) in [5.74, 6) is 0. The topological polar surface area (TPSA) is 15.3 Å². The van der Waals surface area contributed by atoms with Crippen LogP contribution in [0.3, 0.4) is 0 Å². The molecule has 2 rings (SSSR count). The average molecular weight is 218 g/mol. The lowest BCUT2D eigenvalue weighted by Gasteiger charge is -2.31. The zero-order valence-corrected chi connectivity index (χ0v) is 10.2. The average Bonchev–Trinajstić information content (AvgIpc) is 2.38. The van der Waals surface area contributed by atoms with Crippen molar-refractivity contribution in [1.29, 1.82) is 0 Å². The molecule has 16 heavy (non-hydrogen) atoms. The van der Waals surface area contributed by atoms with Crippen molar-refractivity contribution in [2.45, 2.75) is 32.2 Å². The highest BCUT2D eigenvalue weighted by Gasteiger charge is 2.15. The summed E-state index contributed by atoms with van der Waals surface area (Å²) in [6, 6.07) is 11.4. The van der Waals surface area contributed by atoms with Gasteiger partial charge in [0, 0.05) is 24.8 Å². The maximum absolute atomic E-state index is 3.61. The Morgan fingerprint density at radius 1 is 1.25 bits per heavy atom. The Bertz CT molecular complexity index is 291. The Hall–Kier alpha value is -1.02. The molecule has 1 fully saturated rings. The molecule has 0 saturated carbocycles. The highest BCUT2D eigenvalue weighted by molar-refractivity contribution is 5.45. The van der Waals surface area contributed by atoms with Gasteiger partial charge in [-0.1, -0.05) is 24.6 Å². The van der Waals surface area contributed by atoms with Crippen LogP contribution in [0.1, 0.15) is 26.2 Å². The van der Waals surface area contributed by atoms with Crippen molar-refractivity contribution in [2.24, 2.45) is 0 Å². The van der Waals surface area contributed by atoms with Crippen molar-refractivity contribution >= 4 is 5.69 Å². The maximum atomic E-state index is 3.61. The third kappa shape index (κ3) is 2.99. The van der Waals surface area contributed by atoms with Crippen molar-refractivity contribution in [1.82, 2.24) is 5.32 Å². The minimum Gasteiger partial charge on any atom is -0.370 e. The first-order valence-electron chi connectivity index (χ1n) is 6.43. The van der Waals surface area contributed by atoms with E-state index in [2.05, 4.69) is 47.5 Å². The second-order valence-electron chi connectivity index (χ2n) is 4.52. The number of likely N-dealkylation sites (N-methyl/N-ethyl adjacent to an activating group) is 1. The first-order valence-corrected chi connectivity index (χ1v) is 6.43. The lowest BCUT2D eigenvalue weighted by molar-refractivity contribution is 0.400. The summed E-state index contributed by atoms with van der Waals surface area (Å²) >= 11 is 0. The molecule has 1 aromatic carbocycles. The minimum atomic E-state index is 0.675. The lowest BCUT2D eigenvalue weighted by Crippen LogP contribution is -2.43. The van der Waals surface area contributed by atoms with E-state index in [0.29, 0.717) is 6.04 Å². The molecular formula is C14H22N2. The molecule has 1 aromatic rings. The van der Waals surface area contributed by atoms with Gasteiger partial charge in [-0.25, -0.2) is 0 Å². The van der Waals surface area contributed by atoms with Crippen LogP contribution < -0.4 is 10.2 Å². The summed E-state index contributed by atoms with van der Waals surface area (Å²) in [4.78, 5) is 2.46. The van der Waals surface area contributed by atoms with Crippen LogP contribution in [0.25, 0.3) is 0 Å². The molecule has 0 radical (unpaired) electrons. The van der Waals surface area contributed by atoms with E-state index in [-0.39, 0.29) is 0 Å². The predicted molar refractivity (Wildman–Crippen MR) is 70.0 cm³/mol. The molecule has 0 aliphatic carbocycles. The first kappa shape index (κ1) is 11.5. The molecule has 0 bridgehead atoms. The number of nitrogens with zero attached hydrogens (tertiary/aromatic N) is 1. The van der Waals surface area contributed by atoms with E-state index in [9.17, 15) is 0 Å². The first-order chi connectivity index (χ1) is 7.90. The number of anilines is 1. The number of hydrogen-bond donors (Lipinski definition) is 1.